The minimum Gasteiger partial charge on any atom is -0.408 e. The van der Waals surface area contributed by atoms with Gasteiger partial charge in [0.25, 0.3) is 0 Å². The Labute approximate surface area is 144 Å². The zero-order chi connectivity index (χ0) is 17.4. The fourth-order valence-corrected chi connectivity index (χ4v) is 3.38. The molecule has 0 unspecified atom stereocenters. The van der Waals surface area contributed by atoms with Gasteiger partial charge >= 0.3 is 5.76 Å². The highest BCUT2D eigenvalue weighted by Crippen LogP contribution is 2.20. The molecule has 128 valence electrons. The van der Waals surface area contributed by atoms with Crippen molar-refractivity contribution in [1.29, 1.82) is 0 Å². The predicted molar refractivity (Wildman–Crippen MR) is 93.3 cm³/mol. The fourth-order valence-electron chi connectivity index (χ4n) is 3.38. The van der Waals surface area contributed by atoms with Crippen LogP contribution in [0, 0.1) is 0 Å². The van der Waals surface area contributed by atoms with Gasteiger partial charge < -0.3 is 9.73 Å². The number of hydrogen-bond donors (Lipinski definition) is 1. The first-order chi connectivity index (χ1) is 12.1. The highest BCUT2D eigenvalue weighted by molar-refractivity contribution is 5.82. The Bertz CT molecular complexity index is 1000. The van der Waals surface area contributed by atoms with Crippen molar-refractivity contribution >= 4 is 17.0 Å². The monoisotopic (exact) mass is 337 g/mol. The Morgan fingerprint density at radius 2 is 2.20 bits per heavy atom. The number of nitrogens with one attached hydrogen (secondary N) is 1. The lowest BCUT2D eigenvalue weighted by atomic mass is 10.1. The van der Waals surface area contributed by atoms with Crippen molar-refractivity contribution in [3.05, 3.63) is 63.9 Å². The smallest absolute Gasteiger partial charge is 0.408 e. The van der Waals surface area contributed by atoms with Gasteiger partial charge in [0.15, 0.2) is 5.58 Å². The van der Waals surface area contributed by atoms with E-state index in [9.17, 15) is 9.59 Å². The van der Waals surface area contributed by atoms with Crippen LogP contribution in [0.3, 0.4) is 0 Å². The average molecular weight is 337 g/mol. The first-order valence-corrected chi connectivity index (χ1v) is 8.48. The highest BCUT2D eigenvalue weighted by Gasteiger charge is 2.21. The van der Waals surface area contributed by atoms with E-state index >= 15 is 0 Å². The van der Waals surface area contributed by atoms with Crippen molar-refractivity contribution in [2.75, 3.05) is 0 Å². The van der Waals surface area contributed by atoms with E-state index in [0.717, 1.165) is 24.8 Å². The molecular formula is C19H19N3O3. The molecule has 0 saturated heterocycles. The van der Waals surface area contributed by atoms with Crippen LogP contribution in [-0.4, -0.2) is 15.5 Å². The summed E-state index contributed by atoms with van der Waals surface area (Å²) < 4.78 is 6.58. The fraction of sp³-hybridized carbons (Fsp3) is 0.316. The number of rotatable bonds is 4. The van der Waals surface area contributed by atoms with Gasteiger partial charge in [-0.15, -0.1) is 0 Å². The van der Waals surface area contributed by atoms with Crippen LogP contribution in [0.5, 0.6) is 0 Å². The number of fused-ring (bicyclic) bond motifs is 2. The number of aryl methyl sites for hydroxylation is 2. The molecule has 3 aromatic rings. The standard InChI is InChI=1S/C19H19N3O3/c1-12(22-16-7-2-3-8-17(16)25-19(22)24)18(23)21-11-13-9-14-5-4-6-15(14)20-10-13/h2-3,7-10,12H,4-6,11H2,1H3,(H,21,23)/t12-/m1/s1. The maximum atomic E-state index is 12.5. The third kappa shape index (κ3) is 2.84. The second kappa shape index (κ2) is 6.20. The number of oxazole rings is 1. The predicted octanol–water partition coefficient (Wildman–Crippen LogP) is 2.36. The zero-order valence-corrected chi connectivity index (χ0v) is 14.0. The number of aromatic nitrogens is 2. The summed E-state index contributed by atoms with van der Waals surface area (Å²) in [6.45, 7) is 2.09. The van der Waals surface area contributed by atoms with Crippen LogP contribution in [0.2, 0.25) is 0 Å². The first-order valence-electron chi connectivity index (χ1n) is 8.48. The van der Waals surface area contributed by atoms with Gasteiger partial charge in [0.2, 0.25) is 5.91 Å². The van der Waals surface area contributed by atoms with Gasteiger partial charge in [-0.25, -0.2) is 4.79 Å². The maximum Gasteiger partial charge on any atom is 0.420 e. The molecule has 0 radical (unpaired) electrons. The third-order valence-electron chi connectivity index (χ3n) is 4.73. The average Bonchev–Trinajstić information content (AvgIpc) is 3.21. The van der Waals surface area contributed by atoms with Crippen molar-refractivity contribution < 1.29 is 9.21 Å². The summed E-state index contributed by atoms with van der Waals surface area (Å²) >= 11 is 0. The Morgan fingerprint density at radius 3 is 3.08 bits per heavy atom. The summed E-state index contributed by atoms with van der Waals surface area (Å²) in [7, 11) is 0. The number of nitrogens with zero attached hydrogens (tertiary/aromatic N) is 2. The summed E-state index contributed by atoms with van der Waals surface area (Å²) in [4.78, 5) is 29.1. The van der Waals surface area contributed by atoms with Crippen LogP contribution in [0.15, 0.2) is 45.7 Å². The molecule has 1 N–H and O–H groups in total. The van der Waals surface area contributed by atoms with E-state index in [0.29, 0.717) is 17.6 Å². The van der Waals surface area contributed by atoms with Crippen molar-refractivity contribution in [3.63, 3.8) is 0 Å². The molecule has 1 atom stereocenters. The molecule has 1 aromatic carbocycles. The number of hydrogen-bond acceptors (Lipinski definition) is 4. The molecule has 6 nitrogen and oxygen atoms in total. The lowest BCUT2D eigenvalue weighted by molar-refractivity contribution is -0.124. The van der Waals surface area contributed by atoms with Crippen molar-refractivity contribution in [2.24, 2.45) is 0 Å². The van der Waals surface area contributed by atoms with E-state index < -0.39 is 11.8 Å². The van der Waals surface area contributed by atoms with Gasteiger partial charge in [0.05, 0.1) is 5.52 Å². The number of benzene rings is 1. The lowest BCUT2D eigenvalue weighted by Crippen LogP contribution is -2.34. The molecule has 0 fully saturated rings. The van der Waals surface area contributed by atoms with Gasteiger partial charge in [-0.05, 0) is 49.4 Å². The van der Waals surface area contributed by atoms with Gasteiger partial charge in [0.1, 0.15) is 6.04 Å². The molecule has 2 heterocycles. The minimum absolute atomic E-state index is 0.228. The molecule has 0 bridgehead atoms. The second-order valence-corrected chi connectivity index (χ2v) is 6.40. The number of carbonyl (C=O) groups is 1. The van der Waals surface area contributed by atoms with Crippen LogP contribution >= 0.6 is 0 Å². The second-order valence-electron chi connectivity index (χ2n) is 6.40. The molecule has 1 aliphatic carbocycles. The summed E-state index contributed by atoms with van der Waals surface area (Å²) in [5.41, 5.74) is 4.52. The molecular weight excluding hydrogens is 318 g/mol. The SMILES string of the molecule is C[C@H](C(=O)NCc1cnc2c(c1)CCC2)n1c(=O)oc2ccccc21. The topological polar surface area (TPSA) is 77.1 Å². The van der Waals surface area contributed by atoms with E-state index in [2.05, 4.69) is 16.4 Å². The Hall–Kier alpha value is -2.89. The molecule has 2 aromatic heterocycles. The number of carbonyl (C=O) groups excluding carboxylic acids is 1. The van der Waals surface area contributed by atoms with Crippen molar-refractivity contribution in [2.45, 2.75) is 38.8 Å². The molecule has 6 heteroatoms. The Morgan fingerprint density at radius 1 is 1.36 bits per heavy atom. The number of amides is 1. The van der Waals surface area contributed by atoms with Crippen LogP contribution in [0.25, 0.3) is 11.1 Å². The normalized spacial score (nSPS) is 14.4. The summed E-state index contributed by atoms with van der Waals surface area (Å²) in [6.07, 6.45) is 5.05. The molecule has 0 saturated carbocycles. The summed E-state index contributed by atoms with van der Waals surface area (Å²) in [6, 6.07) is 8.55. The van der Waals surface area contributed by atoms with Crippen LogP contribution in [-0.2, 0) is 24.2 Å². The van der Waals surface area contributed by atoms with Crippen LogP contribution in [0.4, 0.5) is 0 Å². The van der Waals surface area contributed by atoms with E-state index in [1.807, 2.05) is 12.3 Å². The Kier molecular flexibility index (Phi) is 3.87. The maximum absolute atomic E-state index is 12.5. The van der Waals surface area contributed by atoms with E-state index in [1.165, 1.54) is 15.8 Å². The molecule has 0 spiro atoms. The summed E-state index contributed by atoms with van der Waals surface area (Å²) in [5.74, 6) is -0.753. The zero-order valence-electron chi connectivity index (χ0n) is 14.0. The lowest BCUT2D eigenvalue weighted by Gasteiger charge is -2.13. The van der Waals surface area contributed by atoms with E-state index in [4.69, 9.17) is 4.42 Å². The van der Waals surface area contributed by atoms with E-state index in [-0.39, 0.29) is 5.91 Å². The first kappa shape index (κ1) is 15.6. The van der Waals surface area contributed by atoms with Crippen molar-refractivity contribution in [1.82, 2.24) is 14.9 Å². The molecule has 1 amide bonds. The van der Waals surface area contributed by atoms with Gasteiger partial charge in [0, 0.05) is 18.4 Å². The van der Waals surface area contributed by atoms with Crippen molar-refractivity contribution in [3.8, 4) is 0 Å². The molecule has 0 aliphatic heterocycles. The van der Waals surface area contributed by atoms with Crippen LogP contribution < -0.4 is 11.1 Å². The van der Waals surface area contributed by atoms with Gasteiger partial charge in [-0.3, -0.25) is 14.3 Å². The summed E-state index contributed by atoms with van der Waals surface area (Å²) in [5, 5.41) is 2.89. The van der Waals surface area contributed by atoms with Crippen LogP contribution in [0.1, 0.15) is 36.2 Å². The quantitative estimate of drug-likeness (QED) is 0.793. The molecule has 1 aliphatic rings. The number of pyridine rings is 1. The third-order valence-corrected chi connectivity index (χ3v) is 4.73. The highest BCUT2D eigenvalue weighted by atomic mass is 16.4. The van der Waals surface area contributed by atoms with Gasteiger partial charge in [-0.2, -0.15) is 0 Å². The van der Waals surface area contributed by atoms with E-state index in [1.54, 1.807) is 25.1 Å². The molecule has 25 heavy (non-hydrogen) atoms. The Balaban J connectivity index is 1.50. The van der Waals surface area contributed by atoms with Gasteiger partial charge in [-0.1, -0.05) is 18.2 Å². The minimum atomic E-state index is -0.654. The number of para-hydroxylation sites is 2. The largest absolute Gasteiger partial charge is 0.420 e. The molecule has 4 rings (SSSR count).